The van der Waals surface area contributed by atoms with Crippen molar-refractivity contribution >= 4 is 30.5 Å². The summed E-state index contributed by atoms with van der Waals surface area (Å²) in [5.74, 6) is 0.604. The minimum Gasteiger partial charge on any atom is -0.497 e. The van der Waals surface area contributed by atoms with E-state index in [-0.39, 0.29) is 18.1 Å². The third-order valence-electron chi connectivity index (χ3n) is 7.74. The van der Waals surface area contributed by atoms with E-state index < -0.39 is 5.97 Å². The van der Waals surface area contributed by atoms with Gasteiger partial charge in [-0.1, -0.05) is 98.0 Å². The number of nitrogens with one attached hydrogen (secondary N) is 1. The highest BCUT2D eigenvalue weighted by Gasteiger charge is 2.28. The maximum absolute atomic E-state index is 13.0. The number of esters is 1. The molecule has 0 bridgehead atoms. The lowest BCUT2D eigenvalue weighted by molar-refractivity contribution is -0.131. The highest BCUT2D eigenvalue weighted by Crippen LogP contribution is 2.28. The van der Waals surface area contributed by atoms with E-state index in [1.165, 1.54) is 18.6 Å². The Morgan fingerprint density at radius 2 is 1.45 bits per heavy atom. The van der Waals surface area contributed by atoms with E-state index in [1.54, 1.807) is 44.6 Å². The van der Waals surface area contributed by atoms with Gasteiger partial charge in [0, 0.05) is 25.2 Å². The molecule has 2 atom stereocenters. The van der Waals surface area contributed by atoms with Gasteiger partial charge in [-0.2, -0.15) is 0 Å². The van der Waals surface area contributed by atoms with Crippen LogP contribution in [0.15, 0.2) is 133 Å². The lowest BCUT2D eigenvalue weighted by Crippen LogP contribution is -2.41. The van der Waals surface area contributed by atoms with E-state index in [9.17, 15) is 19.2 Å². The highest BCUT2D eigenvalue weighted by molar-refractivity contribution is 5.95. The number of amides is 1. The van der Waals surface area contributed by atoms with Crippen LogP contribution in [0.4, 0.5) is 0 Å². The fourth-order valence-electron chi connectivity index (χ4n) is 5.07. The van der Waals surface area contributed by atoms with Gasteiger partial charge in [-0.3, -0.25) is 19.2 Å². The first kappa shape index (κ1) is 39.6. The van der Waals surface area contributed by atoms with Crippen molar-refractivity contribution in [3.63, 3.8) is 0 Å². The molecule has 8 heteroatoms. The number of aldehydes is 2. The van der Waals surface area contributed by atoms with Crippen LogP contribution in [0.25, 0.3) is 6.08 Å². The molecule has 0 spiro atoms. The average Bonchev–Trinajstić information content (AvgIpc) is 3.18. The Hall–Kier alpha value is -5.86. The van der Waals surface area contributed by atoms with Gasteiger partial charge in [0.05, 0.1) is 13.2 Å². The lowest BCUT2D eigenvalue weighted by Gasteiger charge is -2.29. The van der Waals surface area contributed by atoms with Crippen LogP contribution in [0.1, 0.15) is 70.2 Å². The lowest BCUT2D eigenvalue weighted by atomic mass is 9.91. The van der Waals surface area contributed by atoms with Crippen LogP contribution in [0, 0.1) is 0 Å². The van der Waals surface area contributed by atoms with Crippen LogP contribution in [0.5, 0.6) is 11.5 Å². The number of aryl methyl sites for hydroxylation is 1. The average molecular weight is 688 g/mol. The zero-order valence-electron chi connectivity index (χ0n) is 29.5. The molecule has 0 saturated heterocycles. The van der Waals surface area contributed by atoms with Crippen molar-refractivity contribution in [1.29, 1.82) is 0 Å². The molecular formula is C43H45NO7. The second kappa shape index (κ2) is 22.0. The zero-order valence-corrected chi connectivity index (χ0v) is 29.5. The van der Waals surface area contributed by atoms with Crippen LogP contribution in [0.2, 0.25) is 0 Å². The molecule has 4 aromatic carbocycles. The summed E-state index contributed by atoms with van der Waals surface area (Å²) in [5, 5.41) is 3.12. The van der Waals surface area contributed by atoms with E-state index in [4.69, 9.17) is 14.2 Å². The monoisotopic (exact) mass is 687 g/mol. The van der Waals surface area contributed by atoms with Crippen LogP contribution >= 0.6 is 0 Å². The van der Waals surface area contributed by atoms with Crippen molar-refractivity contribution in [3.8, 4) is 11.5 Å². The Kier molecular flexibility index (Phi) is 17.1. The molecule has 0 radical (unpaired) electrons. The van der Waals surface area contributed by atoms with E-state index in [1.807, 2.05) is 84.9 Å². The third kappa shape index (κ3) is 13.5. The number of methoxy groups -OCH3 is 2. The number of rotatable bonds is 12. The van der Waals surface area contributed by atoms with Crippen molar-refractivity contribution in [2.24, 2.45) is 0 Å². The Morgan fingerprint density at radius 1 is 0.804 bits per heavy atom. The van der Waals surface area contributed by atoms with E-state index in [0.29, 0.717) is 11.3 Å². The molecule has 1 aliphatic carbocycles. The van der Waals surface area contributed by atoms with Gasteiger partial charge in [0.1, 0.15) is 30.2 Å². The van der Waals surface area contributed by atoms with Gasteiger partial charge in [0.2, 0.25) is 0 Å². The molecule has 5 rings (SSSR count). The summed E-state index contributed by atoms with van der Waals surface area (Å²) in [6, 6.07) is 31.1. The number of allylic oxidation sites excluding steroid dienone is 3. The molecule has 1 N–H and O–H groups in total. The summed E-state index contributed by atoms with van der Waals surface area (Å²) in [7, 11) is 3.27. The molecule has 0 aliphatic heterocycles. The molecule has 2 unspecified atom stereocenters. The quantitative estimate of drug-likeness (QED) is 0.0691. The molecule has 51 heavy (non-hydrogen) atoms. The maximum Gasteiger partial charge on any atom is 0.308 e. The second-order valence-electron chi connectivity index (χ2n) is 11.3. The SMILES string of the molecule is CCc1ccc(C=O)cc1.COC(c1ccccc1)C(NC(=O)c1ccc(OC(C)=O)cc1)C1=CCCC=C1.COc1ccc(/C=C/C=O)cc1. The Morgan fingerprint density at radius 3 is 1.98 bits per heavy atom. The van der Waals surface area contributed by atoms with Crippen molar-refractivity contribution in [2.75, 3.05) is 14.2 Å². The zero-order chi connectivity index (χ0) is 36.8. The number of carbonyl (C=O) groups excluding carboxylic acids is 4. The molecular weight excluding hydrogens is 642 g/mol. The van der Waals surface area contributed by atoms with Gasteiger partial charge in [0.15, 0.2) is 0 Å². The van der Waals surface area contributed by atoms with Gasteiger partial charge < -0.3 is 19.5 Å². The summed E-state index contributed by atoms with van der Waals surface area (Å²) in [5.41, 5.74) is 5.50. The molecule has 264 valence electrons. The second-order valence-corrected chi connectivity index (χ2v) is 11.3. The minimum atomic E-state index is -0.399. The van der Waals surface area contributed by atoms with Gasteiger partial charge in [0.25, 0.3) is 5.91 Å². The van der Waals surface area contributed by atoms with E-state index in [2.05, 4.69) is 24.4 Å². The fraction of sp³-hybridized carbons (Fsp3) is 0.209. The van der Waals surface area contributed by atoms with Crippen LogP contribution in [0.3, 0.4) is 0 Å². The molecule has 0 saturated carbocycles. The number of hydrogen-bond donors (Lipinski definition) is 1. The van der Waals surface area contributed by atoms with Crippen molar-refractivity contribution < 1.29 is 33.4 Å². The number of carbonyl (C=O) groups is 4. The van der Waals surface area contributed by atoms with E-state index in [0.717, 1.165) is 59.8 Å². The summed E-state index contributed by atoms with van der Waals surface area (Å²) in [6.45, 7) is 3.43. The van der Waals surface area contributed by atoms with Crippen LogP contribution in [-0.2, 0) is 20.7 Å². The first-order valence-electron chi connectivity index (χ1n) is 16.7. The Balaban J connectivity index is 0.000000260. The first-order valence-corrected chi connectivity index (χ1v) is 16.7. The van der Waals surface area contributed by atoms with Gasteiger partial charge in [-0.05, 0) is 84.0 Å². The Bertz CT molecular complexity index is 1760. The number of ether oxygens (including phenoxy) is 3. The molecule has 0 heterocycles. The number of benzene rings is 4. The molecule has 0 fully saturated rings. The Labute approximate surface area is 300 Å². The smallest absolute Gasteiger partial charge is 0.308 e. The topological polar surface area (TPSA) is 108 Å². The molecule has 1 aliphatic rings. The summed E-state index contributed by atoms with van der Waals surface area (Å²) < 4.78 is 15.8. The van der Waals surface area contributed by atoms with Gasteiger partial charge >= 0.3 is 5.97 Å². The normalized spacial score (nSPS) is 12.8. The van der Waals surface area contributed by atoms with Crippen molar-refractivity contribution in [1.82, 2.24) is 5.32 Å². The fourth-order valence-corrected chi connectivity index (χ4v) is 5.07. The first-order chi connectivity index (χ1) is 24.8. The van der Waals surface area contributed by atoms with Crippen LogP contribution < -0.4 is 14.8 Å². The highest BCUT2D eigenvalue weighted by atomic mass is 16.5. The molecule has 8 nitrogen and oxygen atoms in total. The van der Waals surface area contributed by atoms with Crippen LogP contribution in [-0.4, -0.2) is 44.7 Å². The molecule has 1 amide bonds. The predicted molar refractivity (Wildman–Crippen MR) is 201 cm³/mol. The van der Waals surface area contributed by atoms with Crippen molar-refractivity contribution in [2.45, 2.75) is 45.3 Å². The summed E-state index contributed by atoms with van der Waals surface area (Å²) in [6.07, 6.45) is 13.7. The minimum absolute atomic E-state index is 0.220. The predicted octanol–water partition coefficient (Wildman–Crippen LogP) is 8.34. The van der Waals surface area contributed by atoms with E-state index >= 15 is 0 Å². The maximum atomic E-state index is 13.0. The number of hydrogen-bond acceptors (Lipinski definition) is 7. The standard InChI is InChI=1S/C24H25NO4.C10H10O2.C9H10O/c1-17(26)29-21-15-13-20(14-16-21)24(27)25-22(18-9-5-3-6-10-18)23(28-2)19-11-7-4-8-12-19;1-12-10-6-4-9(5-7-10)3-2-8-11;1-2-8-3-5-9(7-10)6-4-8/h4-5,7-16,22-23H,3,6H2,1-2H3,(H,25,27);2-8H,1H3;3-7H,2H2,1H3/b;3-2+;. The van der Waals surface area contributed by atoms with Gasteiger partial charge in [-0.15, -0.1) is 0 Å². The molecule has 0 aromatic heterocycles. The summed E-state index contributed by atoms with van der Waals surface area (Å²) in [4.78, 5) is 44.2. The molecule has 4 aromatic rings. The largest absolute Gasteiger partial charge is 0.497 e. The summed E-state index contributed by atoms with van der Waals surface area (Å²) >= 11 is 0. The van der Waals surface area contributed by atoms with Crippen molar-refractivity contribution in [3.05, 3.63) is 161 Å². The van der Waals surface area contributed by atoms with Gasteiger partial charge in [-0.25, -0.2) is 0 Å². The third-order valence-corrected chi connectivity index (χ3v) is 7.74.